The quantitative estimate of drug-likeness (QED) is 0.0956. The van der Waals surface area contributed by atoms with E-state index in [1.807, 2.05) is 6.07 Å². The number of rotatable bonds is 16. The highest BCUT2D eigenvalue weighted by molar-refractivity contribution is 5.98. The number of anilines is 8. The third-order valence-electron chi connectivity index (χ3n) is 22.8. The van der Waals surface area contributed by atoms with E-state index in [1.165, 1.54) is 178 Å². The lowest BCUT2D eigenvalue weighted by molar-refractivity contribution is 1.21. The molecule has 4 heteroatoms. The van der Waals surface area contributed by atoms with Gasteiger partial charge in [0.05, 0.1) is 0 Å². The molecule has 0 N–H and O–H groups in total. The molecule has 0 atom stereocenters. The Kier molecular flexibility index (Phi) is 23.6. The van der Waals surface area contributed by atoms with E-state index in [0.717, 1.165) is 0 Å². The Bertz CT molecular complexity index is 6780. The van der Waals surface area contributed by atoms with Crippen LogP contribution in [0.4, 0.5) is 45.5 Å². The van der Waals surface area contributed by atoms with E-state index in [2.05, 4.69) is 527 Å². The molecule has 4 nitrogen and oxygen atoms in total. The molecule has 20 aromatic rings. The lowest BCUT2D eigenvalue weighted by atomic mass is 9.98. The summed E-state index contributed by atoms with van der Waals surface area (Å²) < 4.78 is 0. The molecule has 0 aliphatic carbocycles. The molecule has 0 aliphatic rings. The fraction of sp³-hybridized carbons (Fsp3) is 0.0345. The van der Waals surface area contributed by atoms with Gasteiger partial charge in [0.25, 0.3) is 0 Å². The number of benzene rings is 20. The van der Waals surface area contributed by atoms with Crippen LogP contribution in [0, 0.1) is 0 Å². The molecule has 0 fully saturated rings. The molecule has 576 valence electrons. The Labute approximate surface area is 706 Å². The monoisotopic (exact) mass is 1540 g/mol. The summed E-state index contributed by atoms with van der Waals surface area (Å²) in [5.41, 5.74) is 29.2. The van der Waals surface area contributed by atoms with Crippen LogP contribution >= 0.6 is 0 Å². The van der Waals surface area contributed by atoms with E-state index in [9.17, 15) is 0 Å². The second-order valence-electron chi connectivity index (χ2n) is 30.2. The normalized spacial score (nSPS) is 10.8. The molecule has 0 spiro atoms. The predicted octanol–water partition coefficient (Wildman–Crippen LogP) is 31.8. The molecule has 0 bridgehead atoms. The van der Waals surface area contributed by atoms with Gasteiger partial charge in [-0.15, -0.1) is 0 Å². The van der Waals surface area contributed by atoms with E-state index in [0.29, 0.717) is 0 Å². The Morgan fingerprint density at radius 3 is 0.758 bits per heavy atom. The summed E-state index contributed by atoms with van der Waals surface area (Å²) in [4.78, 5) is 8.97. The number of nitrogens with zero attached hydrogens (tertiary/aromatic N) is 4. The van der Waals surface area contributed by atoms with E-state index < -0.39 is 0 Å². The number of para-hydroxylation sites is 2. The van der Waals surface area contributed by atoms with Gasteiger partial charge in [-0.25, -0.2) is 0 Å². The molecule has 20 rings (SSSR count). The lowest BCUT2D eigenvalue weighted by Crippen LogP contribution is -2.10. The first-order valence-electron chi connectivity index (χ1n) is 41.1. The van der Waals surface area contributed by atoms with Crippen molar-refractivity contribution in [3.05, 3.63) is 485 Å². The van der Waals surface area contributed by atoms with Gasteiger partial charge in [-0.2, -0.15) is 0 Å². The second-order valence-corrected chi connectivity index (χ2v) is 30.2. The van der Waals surface area contributed by atoms with Crippen LogP contribution in [0.5, 0.6) is 0 Å². The van der Waals surface area contributed by atoms with Crippen LogP contribution in [0.2, 0.25) is 0 Å². The third-order valence-corrected chi connectivity index (χ3v) is 22.8. The molecular weight excluding hydrogens is 1450 g/mol. The smallest absolute Gasteiger partial charge is 0.0487 e. The van der Waals surface area contributed by atoms with Crippen molar-refractivity contribution in [1.82, 2.24) is 0 Å². The molecule has 0 radical (unpaired) electrons. The summed E-state index contributed by atoms with van der Waals surface area (Å²) in [6.07, 6.45) is 0. The summed E-state index contributed by atoms with van der Waals surface area (Å²) in [7, 11) is 8.50. The van der Waals surface area contributed by atoms with Gasteiger partial charge in [0.1, 0.15) is 0 Å². The van der Waals surface area contributed by atoms with Gasteiger partial charge in [-0.1, -0.05) is 382 Å². The summed E-state index contributed by atoms with van der Waals surface area (Å²) >= 11 is 0. The average molecular weight is 1540 g/mol. The minimum absolute atomic E-state index is 1.17. The molecule has 0 aromatic heterocycles. The van der Waals surface area contributed by atoms with Crippen molar-refractivity contribution in [1.29, 1.82) is 0 Å². The molecule has 0 unspecified atom stereocenters. The summed E-state index contributed by atoms with van der Waals surface area (Å²) in [5.74, 6) is 0. The number of fused-ring (bicyclic) bond motifs is 4. The van der Waals surface area contributed by atoms with Gasteiger partial charge in [-0.3, -0.25) is 0 Å². The first-order valence-corrected chi connectivity index (χ1v) is 41.1. The summed E-state index contributed by atoms with van der Waals surface area (Å²) in [6.45, 7) is 0. The van der Waals surface area contributed by atoms with Gasteiger partial charge >= 0.3 is 0 Å². The van der Waals surface area contributed by atoms with Gasteiger partial charge in [-0.05, 0) is 224 Å². The zero-order valence-corrected chi connectivity index (χ0v) is 68.0. The van der Waals surface area contributed by atoms with Crippen molar-refractivity contribution in [2.75, 3.05) is 47.8 Å². The molecule has 0 saturated heterocycles. The molecule has 120 heavy (non-hydrogen) atoms. The topological polar surface area (TPSA) is 13.0 Å². The van der Waals surface area contributed by atoms with E-state index in [1.54, 1.807) is 0 Å². The van der Waals surface area contributed by atoms with E-state index in [4.69, 9.17) is 0 Å². The third kappa shape index (κ3) is 17.9. The molecular formula is C116H92N4. The van der Waals surface area contributed by atoms with Crippen molar-refractivity contribution < 1.29 is 0 Å². The Balaban J connectivity index is 0.000000114. The van der Waals surface area contributed by atoms with E-state index in [-0.39, 0.29) is 0 Å². The molecule has 0 heterocycles. The largest absolute Gasteiger partial charge is 0.345 e. The van der Waals surface area contributed by atoms with Crippen LogP contribution in [-0.4, -0.2) is 28.2 Å². The summed E-state index contributed by atoms with van der Waals surface area (Å²) in [6, 6.07) is 172. The van der Waals surface area contributed by atoms with Crippen molar-refractivity contribution in [3.8, 4) is 89.0 Å². The molecule has 0 amide bonds. The predicted molar refractivity (Wildman–Crippen MR) is 517 cm³/mol. The van der Waals surface area contributed by atoms with E-state index >= 15 is 0 Å². The Morgan fingerprint density at radius 1 is 0.125 bits per heavy atom. The van der Waals surface area contributed by atoms with Crippen LogP contribution in [0.25, 0.3) is 132 Å². The molecule has 20 aromatic carbocycles. The highest BCUT2D eigenvalue weighted by Crippen LogP contribution is 2.40. The van der Waals surface area contributed by atoms with Crippen LogP contribution < -0.4 is 19.6 Å². The van der Waals surface area contributed by atoms with Gasteiger partial charge in [0, 0.05) is 84.8 Å². The Morgan fingerprint density at radius 2 is 0.358 bits per heavy atom. The summed E-state index contributed by atoms with van der Waals surface area (Å²) in [5, 5.41) is 10.2. The van der Waals surface area contributed by atoms with Crippen molar-refractivity contribution in [2.45, 2.75) is 0 Å². The fourth-order valence-electron chi connectivity index (χ4n) is 15.9. The van der Waals surface area contributed by atoms with Gasteiger partial charge in [0.2, 0.25) is 0 Å². The van der Waals surface area contributed by atoms with Crippen LogP contribution in [0.1, 0.15) is 0 Å². The SMILES string of the molecule is CN(c1ccc(-c2ccc3ccccc3c2)cc1)c1cccc(-c2ccccc2)c1.CN(c1ccc(-c2ccc3ccccc3c2)cc1)c1ccccc1-c1ccccc1.CN(c1ccc(-c2cccc3ccccc23)cc1)c1ccccc1-c1ccccc1.CN(c1ccc(-c2ccccc2)cc1)c1ccc(-c2ccc3ccccc3c2)cc1. The van der Waals surface area contributed by atoms with Crippen molar-refractivity contribution >= 4 is 88.6 Å². The van der Waals surface area contributed by atoms with Gasteiger partial charge < -0.3 is 19.6 Å². The van der Waals surface area contributed by atoms with Crippen LogP contribution in [0.3, 0.4) is 0 Å². The van der Waals surface area contributed by atoms with Crippen molar-refractivity contribution in [3.63, 3.8) is 0 Å². The Hall–Kier alpha value is -15.4. The van der Waals surface area contributed by atoms with Crippen molar-refractivity contribution in [2.24, 2.45) is 0 Å². The highest BCUT2D eigenvalue weighted by Gasteiger charge is 2.16. The second kappa shape index (κ2) is 36.6. The highest BCUT2D eigenvalue weighted by atomic mass is 15.1. The number of hydrogen-bond acceptors (Lipinski definition) is 4. The molecule has 0 aliphatic heterocycles. The maximum atomic E-state index is 2.26. The number of hydrogen-bond donors (Lipinski definition) is 0. The molecule has 0 saturated carbocycles. The zero-order valence-electron chi connectivity index (χ0n) is 68.0. The standard InChI is InChI=1S/4C29H23N/c1-30(29-17-8-7-15-28(29)23-10-3-2-4-11-23)25-20-18-24(19-21-25)27-16-9-13-22-12-5-6-14-26(22)27;1-30(29-14-8-7-13-28(29)24-10-3-2-4-11-24)27-19-17-23(18-20-27)26-16-15-22-9-5-6-12-25(22)21-26;1-30(29-13-7-12-26(21-29)22-8-3-2-4-9-22)28-18-16-24(17-19-28)27-15-14-23-10-5-6-11-25(23)20-27;1-30(28-17-13-24(14-18-28)22-7-3-2-4-8-22)29-19-15-25(16-20-29)27-12-11-23-9-5-6-10-26(23)21-27/h4*2-21H,1H3. The fourth-order valence-corrected chi connectivity index (χ4v) is 15.9. The minimum atomic E-state index is 1.17. The maximum Gasteiger partial charge on any atom is 0.0487 e. The maximum absolute atomic E-state index is 2.26. The first kappa shape index (κ1) is 77.2. The zero-order chi connectivity index (χ0) is 81.4. The van der Waals surface area contributed by atoms with Gasteiger partial charge in [0.15, 0.2) is 0 Å². The first-order chi connectivity index (χ1) is 59.2. The average Bonchev–Trinajstić information content (AvgIpc) is 0.828. The minimum Gasteiger partial charge on any atom is -0.345 e. The van der Waals surface area contributed by atoms with Crippen LogP contribution in [-0.2, 0) is 0 Å². The lowest BCUT2D eigenvalue weighted by Gasteiger charge is -2.23. The van der Waals surface area contributed by atoms with Crippen LogP contribution in [0.15, 0.2) is 485 Å².